The van der Waals surface area contributed by atoms with Crippen LogP contribution in [0.4, 0.5) is 0 Å². The van der Waals surface area contributed by atoms with Crippen LogP contribution < -0.4 is 29.6 Å². The minimum absolute atomic E-state index is 0. The van der Waals surface area contributed by atoms with Crippen LogP contribution in [0.5, 0.6) is 0 Å². The summed E-state index contributed by atoms with van der Waals surface area (Å²) in [6, 6.07) is 0. The molecule has 0 aliphatic carbocycles. The second-order valence-corrected chi connectivity index (χ2v) is 9.58. The Bertz CT molecular complexity index is 444. The Labute approximate surface area is 179 Å². The molecule has 3 nitrogen and oxygen atoms in total. The molecule has 0 spiro atoms. The fraction of sp³-hybridized carbons (Fsp3) is 0.900. The average Bonchev–Trinajstić information content (AvgIpc) is 2.44. The van der Waals surface area contributed by atoms with E-state index < -0.39 is 10.1 Å². The van der Waals surface area contributed by atoms with Crippen LogP contribution >= 0.6 is 0 Å². The van der Waals surface area contributed by atoms with Gasteiger partial charge in [0.05, 0.1) is 15.9 Å². The number of hydrogen-bond donors (Lipinski definition) is 0. The van der Waals surface area contributed by atoms with Crippen molar-refractivity contribution in [2.24, 2.45) is 17.8 Å². The van der Waals surface area contributed by atoms with Crippen molar-refractivity contribution in [1.29, 1.82) is 0 Å². The topological polar surface area (TPSA) is 57.2 Å². The molecule has 0 saturated carbocycles. The first kappa shape index (κ1) is 27.9. The van der Waals surface area contributed by atoms with Gasteiger partial charge in [0, 0.05) is 0 Å². The molecule has 0 rings (SSSR count). The van der Waals surface area contributed by atoms with Crippen molar-refractivity contribution in [3.05, 3.63) is 11.6 Å². The first-order valence-corrected chi connectivity index (χ1v) is 11.3. The third kappa shape index (κ3) is 20.8. The molecular formula is C20H39NaO3S. The van der Waals surface area contributed by atoms with Gasteiger partial charge in [0.25, 0.3) is 0 Å². The van der Waals surface area contributed by atoms with Gasteiger partial charge in [-0.05, 0) is 37.5 Å². The van der Waals surface area contributed by atoms with E-state index in [4.69, 9.17) is 0 Å². The third-order valence-corrected chi connectivity index (χ3v) is 5.35. The Hall–Kier alpha value is 0.650. The summed E-state index contributed by atoms with van der Waals surface area (Å²) in [5.74, 6) is 2.02. The summed E-state index contributed by atoms with van der Waals surface area (Å²) < 4.78 is 31.8. The summed E-state index contributed by atoms with van der Waals surface area (Å²) in [6.45, 7) is 11.2. The molecule has 0 saturated heterocycles. The Balaban J connectivity index is 0. The predicted molar refractivity (Wildman–Crippen MR) is 103 cm³/mol. The molecule has 0 heterocycles. The Kier molecular flexibility index (Phi) is 17.5. The zero-order valence-corrected chi connectivity index (χ0v) is 20.3. The summed E-state index contributed by atoms with van der Waals surface area (Å²) in [5, 5.41) is 0. The molecule has 0 amide bonds. The molecule has 144 valence electrons. The standard InChI is InChI=1S/C20H40O3S.Na/c1-17(2)9-6-10-18(3)11-7-12-19(4)13-8-14-20(5)15-16-24(21,22)23;/h15,17-19H,6-14,16H2,1-5H3,(H,21,22,23);/q;+1/p-1/b20-15+;/t18-,19-;/m1./s1. The molecular weight excluding hydrogens is 343 g/mol. The van der Waals surface area contributed by atoms with Gasteiger partial charge in [-0.1, -0.05) is 84.3 Å². The summed E-state index contributed by atoms with van der Waals surface area (Å²) in [6.07, 6.45) is 12.7. The molecule has 25 heavy (non-hydrogen) atoms. The number of rotatable bonds is 14. The maximum absolute atomic E-state index is 10.6. The van der Waals surface area contributed by atoms with Crippen LogP contribution in [0.3, 0.4) is 0 Å². The molecule has 0 aromatic heterocycles. The minimum atomic E-state index is -4.12. The van der Waals surface area contributed by atoms with E-state index in [-0.39, 0.29) is 35.3 Å². The molecule has 0 aliphatic heterocycles. The van der Waals surface area contributed by atoms with E-state index in [0.717, 1.165) is 36.2 Å². The van der Waals surface area contributed by atoms with Crippen LogP contribution in [0.1, 0.15) is 92.4 Å². The van der Waals surface area contributed by atoms with Gasteiger partial charge in [0.15, 0.2) is 0 Å². The van der Waals surface area contributed by atoms with Gasteiger partial charge in [0.1, 0.15) is 0 Å². The van der Waals surface area contributed by atoms with Gasteiger partial charge >= 0.3 is 29.6 Å². The molecule has 0 fully saturated rings. The van der Waals surface area contributed by atoms with E-state index in [0.29, 0.717) is 0 Å². The van der Waals surface area contributed by atoms with Gasteiger partial charge < -0.3 is 4.55 Å². The molecule has 0 N–H and O–H groups in total. The minimum Gasteiger partial charge on any atom is -0.748 e. The smallest absolute Gasteiger partial charge is 0.748 e. The van der Waals surface area contributed by atoms with Gasteiger partial charge in [-0.25, -0.2) is 8.42 Å². The third-order valence-electron chi connectivity index (χ3n) is 4.78. The Morgan fingerprint density at radius 1 is 0.880 bits per heavy atom. The fourth-order valence-electron chi connectivity index (χ4n) is 3.05. The second kappa shape index (κ2) is 15.7. The van der Waals surface area contributed by atoms with Crippen molar-refractivity contribution in [3.63, 3.8) is 0 Å². The van der Waals surface area contributed by atoms with Crippen LogP contribution in [0, 0.1) is 17.8 Å². The van der Waals surface area contributed by atoms with Gasteiger partial charge in [0.2, 0.25) is 0 Å². The maximum atomic E-state index is 10.6. The SMILES string of the molecule is C/C(=C\CS(=O)(=O)[O-])CCC[C@H](C)CCC[C@H](C)CCCC(C)C.[Na+]. The van der Waals surface area contributed by atoms with E-state index in [9.17, 15) is 13.0 Å². The molecule has 0 aromatic carbocycles. The van der Waals surface area contributed by atoms with E-state index in [1.807, 2.05) is 6.92 Å². The Morgan fingerprint density at radius 3 is 1.76 bits per heavy atom. The zero-order chi connectivity index (χ0) is 18.6. The zero-order valence-electron chi connectivity index (χ0n) is 17.5. The van der Waals surface area contributed by atoms with Gasteiger partial charge in [-0.2, -0.15) is 0 Å². The van der Waals surface area contributed by atoms with Crippen LogP contribution in [-0.4, -0.2) is 18.7 Å². The molecule has 0 unspecified atom stereocenters. The normalized spacial score (nSPS) is 15.1. The van der Waals surface area contributed by atoms with Gasteiger partial charge in [-0.3, -0.25) is 0 Å². The van der Waals surface area contributed by atoms with Crippen molar-refractivity contribution in [3.8, 4) is 0 Å². The quantitative estimate of drug-likeness (QED) is 0.264. The van der Waals surface area contributed by atoms with Crippen LogP contribution in [0.25, 0.3) is 0 Å². The summed E-state index contributed by atoms with van der Waals surface area (Å²) in [7, 11) is -4.12. The largest absolute Gasteiger partial charge is 1.00 e. The average molecular weight is 383 g/mol. The molecule has 2 atom stereocenters. The first-order chi connectivity index (χ1) is 11.1. The molecule has 0 bridgehead atoms. The van der Waals surface area contributed by atoms with E-state index in [2.05, 4.69) is 27.7 Å². The van der Waals surface area contributed by atoms with E-state index in [1.165, 1.54) is 44.9 Å². The number of allylic oxidation sites excluding steroid dienone is 1. The molecule has 0 radical (unpaired) electrons. The predicted octanol–water partition coefficient (Wildman–Crippen LogP) is 2.92. The van der Waals surface area contributed by atoms with E-state index in [1.54, 1.807) is 6.08 Å². The molecule has 0 aromatic rings. The second-order valence-electron chi connectivity index (χ2n) is 8.13. The van der Waals surface area contributed by atoms with E-state index >= 15 is 0 Å². The molecule has 0 aliphatic rings. The Morgan fingerprint density at radius 2 is 1.32 bits per heavy atom. The van der Waals surface area contributed by atoms with Crippen molar-refractivity contribution in [2.75, 3.05) is 5.75 Å². The van der Waals surface area contributed by atoms with Crippen LogP contribution in [0.15, 0.2) is 11.6 Å². The van der Waals surface area contributed by atoms with Crippen LogP contribution in [-0.2, 0) is 10.1 Å². The first-order valence-electron chi connectivity index (χ1n) is 9.69. The molecule has 5 heteroatoms. The summed E-state index contributed by atoms with van der Waals surface area (Å²) in [4.78, 5) is 0. The summed E-state index contributed by atoms with van der Waals surface area (Å²) >= 11 is 0. The number of hydrogen-bond acceptors (Lipinski definition) is 3. The van der Waals surface area contributed by atoms with Crippen LogP contribution in [0.2, 0.25) is 0 Å². The van der Waals surface area contributed by atoms with Gasteiger partial charge in [-0.15, -0.1) is 0 Å². The summed E-state index contributed by atoms with van der Waals surface area (Å²) in [5.41, 5.74) is 1.01. The van der Waals surface area contributed by atoms with Crippen molar-refractivity contribution in [2.45, 2.75) is 92.4 Å². The fourth-order valence-corrected chi connectivity index (χ4v) is 3.54. The monoisotopic (exact) mass is 382 g/mol. The van der Waals surface area contributed by atoms with Crippen molar-refractivity contribution in [1.82, 2.24) is 0 Å². The van der Waals surface area contributed by atoms with Crippen molar-refractivity contribution < 1.29 is 42.5 Å². The van der Waals surface area contributed by atoms with Crippen molar-refractivity contribution >= 4 is 10.1 Å². The maximum Gasteiger partial charge on any atom is 1.00 e.